The van der Waals surface area contributed by atoms with E-state index in [1.165, 1.54) is 6.92 Å². The first-order chi connectivity index (χ1) is 20.0. The molecule has 0 unspecified atom stereocenters. The summed E-state index contributed by atoms with van der Waals surface area (Å²) in [5, 5.41) is 3.67. The molecule has 2 fully saturated rings. The Morgan fingerprint density at radius 1 is 1.10 bits per heavy atom. The molecule has 4 aromatic rings. The Balaban J connectivity index is 1.30. The highest BCUT2D eigenvalue weighted by Gasteiger charge is 2.67. The number of ketones is 1. The van der Waals surface area contributed by atoms with Crippen LogP contribution in [0.5, 0.6) is 0 Å². The molecule has 0 radical (unpaired) electrons. The van der Waals surface area contributed by atoms with Crippen molar-refractivity contribution >= 4 is 50.2 Å². The minimum atomic E-state index is -0.612. The van der Waals surface area contributed by atoms with Crippen LogP contribution in [0, 0.1) is 12.3 Å². The fraction of sp³-hybridized carbons (Fsp3) is 0.355. The van der Waals surface area contributed by atoms with Crippen LogP contribution in [0.25, 0.3) is 22.0 Å². The summed E-state index contributed by atoms with van der Waals surface area (Å²) >= 11 is 3.35. The third kappa shape index (κ3) is 5.22. The summed E-state index contributed by atoms with van der Waals surface area (Å²) in [7, 11) is 4.03. The molecule has 11 heteroatoms. The van der Waals surface area contributed by atoms with Crippen LogP contribution in [-0.2, 0) is 16.1 Å². The van der Waals surface area contributed by atoms with E-state index in [4.69, 9.17) is 0 Å². The smallest absolute Gasteiger partial charge is 0.248 e. The number of benzene rings is 1. The summed E-state index contributed by atoms with van der Waals surface area (Å²) < 4.78 is 2.44. The molecule has 3 aromatic heterocycles. The molecule has 1 N–H and O–H groups in total. The van der Waals surface area contributed by atoms with Gasteiger partial charge in [-0.2, -0.15) is 0 Å². The van der Waals surface area contributed by atoms with Crippen LogP contribution in [0.4, 0.5) is 5.82 Å². The zero-order chi connectivity index (χ0) is 29.8. The first-order valence-electron chi connectivity index (χ1n) is 13.9. The predicted molar refractivity (Wildman–Crippen MR) is 163 cm³/mol. The number of likely N-dealkylation sites (tertiary alicyclic amines) is 1. The number of piperidine rings is 1. The topological polar surface area (TPSA) is 113 Å². The van der Waals surface area contributed by atoms with Crippen LogP contribution >= 0.6 is 15.9 Å². The first kappa shape index (κ1) is 28.2. The molecular formula is C31H32BrN7O3. The lowest BCUT2D eigenvalue weighted by Crippen LogP contribution is -2.46. The predicted octanol–water partition coefficient (Wildman–Crippen LogP) is 4.33. The second-order valence-electron chi connectivity index (χ2n) is 11.7. The lowest BCUT2D eigenvalue weighted by molar-refractivity contribution is -0.138. The minimum absolute atomic E-state index is 0.0131. The van der Waals surface area contributed by atoms with Gasteiger partial charge in [0.05, 0.1) is 0 Å². The van der Waals surface area contributed by atoms with Crippen LogP contribution in [0.2, 0.25) is 0 Å². The Morgan fingerprint density at radius 2 is 1.86 bits per heavy atom. The fourth-order valence-electron chi connectivity index (χ4n) is 6.41. The standard InChI is InChI=1S/C31H32BrN7O3/c1-18(40)23-15-38(24-9-8-20(10-22(23)24)21-13-33-19(2)34-14-21)16-29(41)39-25(11-31(12-26(31)39)17-37(3)4)30(42)36-28-7-5-6-27(32)35-28/h5-10,13-15,25-26H,11-12,16-17H2,1-4H3,(H,35,36,42)/t25-,26-,31+/m0/s1. The first-order valence-corrected chi connectivity index (χ1v) is 14.7. The number of pyridine rings is 1. The Bertz CT molecular complexity index is 1720. The highest BCUT2D eigenvalue weighted by atomic mass is 79.9. The van der Waals surface area contributed by atoms with Crippen molar-refractivity contribution in [1.29, 1.82) is 0 Å². The van der Waals surface area contributed by atoms with E-state index in [2.05, 4.69) is 41.1 Å². The number of anilines is 1. The number of hydrogen-bond acceptors (Lipinski definition) is 7. The van der Waals surface area contributed by atoms with Gasteiger partial charge in [0.1, 0.15) is 28.8 Å². The summed E-state index contributed by atoms with van der Waals surface area (Å²) in [6.07, 6.45) is 6.72. The van der Waals surface area contributed by atoms with E-state index in [0.717, 1.165) is 35.0 Å². The summed E-state index contributed by atoms with van der Waals surface area (Å²) in [5.41, 5.74) is 2.94. The van der Waals surface area contributed by atoms with E-state index in [1.807, 2.05) is 43.8 Å². The molecule has 216 valence electrons. The lowest BCUT2D eigenvalue weighted by Gasteiger charge is -2.27. The van der Waals surface area contributed by atoms with E-state index in [-0.39, 0.29) is 35.6 Å². The van der Waals surface area contributed by atoms with Crippen molar-refractivity contribution in [3.63, 3.8) is 0 Å². The highest BCUT2D eigenvalue weighted by molar-refractivity contribution is 9.10. The van der Waals surface area contributed by atoms with E-state index in [0.29, 0.717) is 28.2 Å². The van der Waals surface area contributed by atoms with Gasteiger partial charge in [-0.3, -0.25) is 14.4 Å². The molecule has 42 heavy (non-hydrogen) atoms. The van der Waals surface area contributed by atoms with Gasteiger partial charge >= 0.3 is 0 Å². The largest absolute Gasteiger partial charge is 0.337 e. The maximum absolute atomic E-state index is 14.0. The summed E-state index contributed by atoms with van der Waals surface area (Å²) in [6.45, 7) is 4.17. The molecule has 1 saturated carbocycles. The van der Waals surface area contributed by atoms with Gasteiger partial charge in [0.25, 0.3) is 0 Å². The number of amides is 2. The van der Waals surface area contributed by atoms with Gasteiger partial charge < -0.3 is 19.7 Å². The van der Waals surface area contributed by atoms with Crippen molar-refractivity contribution < 1.29 is 14.4 Å². The van der Waals surface area contributed by atoms with Gasteiger partial charge in [0, 0.05) is 58.6 Å². The number of fused-ring (bicyclic) bond motifs is 2. The molecule has 0 spiro atoms. The quantitative estimate of drug-likeness (QED) is 0.228. The Kier molecular flexibility index (Phi) is 7.18. The maximum Gasteiger partial charge on any atom is 0.248 e. The number of hydrogen-bond donors (Lipinski definition) is 1. The molecule has 2 aliphatic rings. The van der Waals surface area contributed by atoms with Crippen LogP contribution in [-0.4, -0.2) is 79.6 Å². The molecular weight excluding hydrogens is 598 g/mol. The lowest BCUT2D eigenvalue weighted by atomic mass is 9.98. The molecule has 1 aliphatic heterocycles. The number of rotatable bonds is 8. The van der Waals surface area contributed by atoms with E-state index in [1.54, 1.807) is 41.7 Å². The van der Waals surface area contributed by atoms with Crippen molar-refractivity contribution in [2.45, 2.75) is 45.3 Å². The average Bonchev–Trinajstić information content (AvgIpc) is 3.33. The van der Waals surface area contributed by atoms with Gasteiger partial charge in [-0.1, -0.05) is 12.1 Å². The number of nitrogens with one attached hydrogen (secondary N) is 1. The van der Waals surface area contributed by atoms with E-state index in [9.17, 15) is 14.4 Å². The van der Waals surface area contributed by atoms with Crippen molar-refractivity contribution in [2.24, 2.45) is 5.41 Å². The minimum Gasteiger partial charge on any atom is -0.337 e. The number of nitrogens with zero attached hydrogens (tertiary/aromatic N) is 6. The van der Waals surface area contributed by atoms with Gasteiger partial charge in [-0.25, -0.2) is 15.0 Å². The van der Waals surface area contributed by atoms with Crippen molar-refractivity contribution in [3.8, 4) is 11.1 Å². The maximum atomic E-state index is 14.0. The van der Waals surface area contributed by atoms with Crippen molar-refractivity contribution in [1.82, 2.24) is 29.3 Å². The van der Waals surface area contributed by atoms with Crippen molar-refractivity contribution in [3.05, 3.63) is 71.0 Å². The van der Waals surface area contributed by atoms with Gasteiger partial charge in [0.15, 0.2) is 5.78 Å². The summed E-state index contributed by atoms with van der Waals surface area (Å²) in [5.74, 6) is 0.632. The Hall–Kier alpha value is -3.96. The van der Waals surface area contributed by atoms with Gasteiger partial charge in [0.2, 0.25) is 11.8 Å². The third-order valence-electron chi connectivity index (χ3n) is 8.29. The molecule has 10 nitrogen and oxygen atoms in total. The van der Waals surface area contributed by atoms with Crippen LogP contribution in [0.15, 0.2) is 59.6 Å². The molecule has 1 aromatic carbocycles. The molecule has 1 aliphatic carbocycles. The van der Waals surface area contributed by atoms with Crippen LogP contribution in [0.1, 0.15) is 35.9 Å². The fourth-order valence-corrected chi connectivity index (χ4v) is 6.76. The molecule has 2 amide bonds. The number of Topliss-reactive ketones (excluding diaryl/α,β-unsaturated/α-hetero) is 1. The number of aromatic nitrogens is 4. The summed E-state index contributed by atoms with van der Waals surface area (Å²) in [6, 6.07) is 10.5. The number of carbonyl (C=O) groups excluding carboxylic acids is 3. The number of aryl methyl sites for hydroxylation is 1. The molecule has 4 heterocycles. The van der Waals surface area contributed by atoms with Crippen molar-refractivity contribution in [2.75, 3.05) is 26.0 Å². The van der Waals surface area contributed by atoms with Crippen LogP contribution in [0.3, 0.4) is 0 Å². The third-order valence-corrected chi connectivity index (χ3v) is 8.73. The number of carbonyl (C=O) groups is 3. The summed E-state index contributed by atoms with van der Waals surface area (Å²) in [4.78, 5) is 57.0. The SMILES string of the molecule is CC(=O)c1cn(CC(=O)N2[C@H]3C[C@@]3(CN(C)C)C[C@H]2C(=O)Nc2cccc(Br)n2)c2ccc(-c3cnc(C)nc3)cc12. The Labute approximate surface area is 252 Å². The number of halogens is 1. The molecule has 3 atom stereocenters. The van der Waals surface area contributed by atoms with Gasteiger partial charge in [-0.15, -0.1) is 0 Å². The van der Waals surface area contributed by atoms with Crippen LogP contribution < -0.4 is 5.32 Å². The average molecular weight is 631 g/mol. The Morgan fingerprint density at radius 3 is 2.55 bits per heavy atom. The highest BCUT2D eigenvalue weighted by Crippen LogP contribution is 2.60. The molecule has 1 saturated heterocycles. The van der Waals surface area contributed by atoms with Gasteiger partial charge in [-0.05, 0) is 86.5 Å². The zero-order valence-electron chi connectivity index (χ0n) is 24.0. The normalized spacial score (nSPS) is 21.0. The van der Waals surface area contributed by atoms with E-state index < -0.39 is 6.04 Å². The monoisotopic (exact) mass is 629 g/mol. The second-order valence-corrected chi connectivity index (χ2v) is 12.5. The molecule has 6 rings (SSSR count). The van der Waals surface area contributed by atoms with E-state index >= 15 is 0 Å². The molecule has 0 bridgehead atoms. The second kappa shape index (κ2) is 10.7. The zero-order valence-corrected chi connectivity index (χ0v) is 25.6.